The van der Waals surface area contributed by atoms with Gasteiger partial charge in [-0.15, -0.1) is 11.3 Å². The number of hydrogen-bond acceptors (Lipinski definition) is 3. The van der Waals surface area contributed by atoms with E-state index in [1.165, 1.54) is 4.88 Å². The highest BCUT2D eigenvalue weighted by molar-refractivity contribution is 7.09. The summed E-state index contributed by atoms with van der Waals surface area (Å²) in [7, 11) is 0. The number of rotatable bonds is 3. The summed E-state index contributed by atoms with van der Waals surface area (Å²) in [5.41, 5.74) is 1.06. The lowest BCUT2D eigenvalue weighted by Crippen LogP contribution is -2.52. The van der Waals surface area contributed by atoms with Crippen molar-refractivity contribution in [3.05, 3.63) is 52.7 Å². The van der Waals surface area contributed by atoms with Crippen molar-refractivity contribution < 1.29 is 4.79 Å². The zero-order chi connectivity index (χ0) is 14.9. The number of para-hydroxylation sites is 1. The molecule has 0 radical (unpaired) electrons. The van der Waals surface area contributed by atoms with Crippen LogP contribution in [0.4, 0.5) is 5.69 Å². The van der Waals surface area contributed by atoms with E-state index >= 15 is 0 Å². The van der Waals surface area contributed by atoms with Crippen LogP contribution in [-0.4, -0.2) is 29.4 Å². The van der Waals surface area contributed by atoms with E-state index in [0.29, 0.717) is 18.5 Å². The fraction of sp³-hybridized carbons (Fsp3) is 0.389. The molecule has 1 aromatic carbocycles. The number of fused-ring (bicyclic) bond motifs is 1. The highest BCUT2D eigenvalue weighted by Crippen LogP contribution is 2.35. The van der Waals surface area contributed by atoms with Crippen molar-refractivity contribution in [1.29, 1.82) is 0 Å². The lowest BCUT2D eigenvalue weighted by atomic mass is 9.95. The molecule has 4 heteroatoms. The number of benzene rings is 1. The smallest absolute Gasteiger partial charge is 0.227 e. The molecule has 0 aliphatic carbocycles. The van der Waals surface area contributed by atoms with Crippen LogP contribution in [0.3, 0.4) is 0 Å². The minimum atomic E-state index is 0.283. The summed E-state index contributed by atoms with van der Waals surface area (Å²) in [6.07, 6.45) is 2.74. The predicted molar refractivity (Wildman–Crippen MR) is 90.1 cm³/mol. The largest absolute Gasteiger partial charge is 0.308 e. The number of thiophene rings is 1. The second kappa shape index (κ2) is 5.86. The summed E-state index contributed by atoms with van der Waals surface area (Å²) in [6, 6.07) is 15.3. The molecule has 0 unspecified atom stereocenters. The number of amides is 1. The zero-order valence-corrected chi connectivity index (χ0v) is 13.3. The molecule has 0 spiro atoms. The maximum atomic E-state index is 12.5. The number of anilines is 1. The van der Waals surface area contributed by atoms with Crippen LogP contribution in [-0.2, 0) is 11.3 Å². The molecule has 2 atom stereocenters. The van der Waals surface area contributed by atoms with E-state index < -0.39 is 0 Å². The molecule has 0 N–H and O–H groups in total. The summed E-state index contributed by atoms with van der Waals surface area (Å²) in [4.78, 5) is 18.5. The summed E-state index contributed by atoms with van der Waals surface area (Å²) in [5.74, 6) is 0.283. The Labute approximate surface area is 135 Å². The molecule has 22 heavy (non-hydrogen) atoms. The summed E-state index contributed by atoms with van der Waals surface area (Å²) < 4.78 is 0. The number of carbonyl (C=O) groups is 1. The molecular formula is C18H20N2OS. The fourth-order valence-corrected chi connectivity index (χ4v) is 4.61. The van der Waals surface area contributed by atoms with Gasteiger partial charge in [-0.2, -0.15) is 0 Å². The van der Waals surface area contributed by atoms with Gasteiger partial charge in [-0.1, -0.05) is 24.3 Å². The van der Waals surface area contributed by atoms with E-state index in [1.807, 2.05) is 29.5 Å². The van der Waals surface area contributed by atoms with Crippen molar-refractivity contribution in [3.8, 4) is 0 Å². The number of likely N-dealkylation sites (tertiary alicyclic amines) is 1. The molecule has 2 aliphatic rings. The van der Waals surface area contributed by atoms with Crippen molar-refractivity contribution in [2.75, 3.05) is 11.4 Å². The Morgan fingerprint density at radius 1 is 1.05 bits per heavy atom. The molecule has 3 heterocycles. The topological polar surface area (TPSA) is 23.6 Å². The van der Waals surface area contributed by atoms with Crippen LogP contribution >= 0.6 is 11.3 Å². The predicted octanol–water partition coefficient (Wildman–Crippen LogP) is 3.52. The third-order valence-electron chi connectivity index (χ3n) is 4.85. The number of carbonyl (C=O) groups excluding carboxylic acids is 1. The molecule has 2 fully saturated rings. The van der Waals surface area contributed by atoms with Gasteiger partial charge in [-0.05, 0) is 36.4 Å². The van der Waals surface area contributed by atoms with Gasteiger partial charge < -0.3 is 4.90 Å². The molecule has 2 saturated heterocycles. The van der Waals surface area contributed by atoms with Crippen LogP contribution < -0.4 is 4.90 Å². The Morgan fingerprint density at radius 3 is 2.68 bits per heavy atom. The van der Waals surface area contributed by atoms with Crippen LogP contribution in [0.5, 0.6) is 0 Å². The highest BCUT2D eigenvalue weighted by atomic mass is 32.1. The molecule has 1 aromatic heterocycles. The molecular weight excluding hydrogens is 292 g/mol. The van der Waals surface area contributed by atoms with Crippen molar-refractivity contribution in [2.24, 2.45) is 0 Å². The Bertz CT molecular complexity index is 640. The number of nitrogens with zero attached hydrogens (tertiary/aromatic N) is 2. The molecule has 0 saturated carbocycles. The lowest BCUT2D eigenvalue weighted by Gasteiger charge is -2.39. The van der Waals surface area contributed by atoms with E-state index in [4.69, 9.17) is 0 Å². The maximum absolute atomic E-state index is 12.5. The zero-order valence-electron chi connectivity index (χ0n) is 12.5. The van der Waals surface area contributed by atoms with Crippen molar-refractivity contribution in [1.82, 2.24) is 4.90 Å². The van der Waals surface area contributed by atoms with E-state index in [9.17, 15) is 4.79 Å². The minimum Gasteiger partial charge on any atom is -0.308 e. The van der Waals surface area contributed by atoms with Crippen molar-refractivity contribution in [3.63, 3.8) is 0 Å². The Kier molecular flexibility index (Phi) is 3.72. The Hall–Kier alpha value is -1.65. The Balaban J connectivity index is 1.57. The van der Waals surface area contributed by atoms with Gasteiger partial charge in [-0.25, -0.2) is 0 Å². The lowest BCUT2D eigenvalue weighted by molar-refractivity contribution is -0.120. The van der Waals surface area contributed by atoms with Crippen LogP contribution in [0.15, 0.2) is 47.8 Å². The minimum absolute atomic E-state index is 0.283. The first-order valence-corrected chi connectivity index (χ1v) is 8.84. The normalized spacial score (nSPS) is 25.5. The van der Waals surface area contributed by atoms with E-state index in [2.05, 4.69) is 39.4 Å². The van der Waals surface area contributed by atoms with Gasteiger partial charge in [0.05, 0.1) is 6.04 Å². The second-order valence-electron chi connectivity index (χ2n) is 6.11. The molecule has 3 nitrogen and oxygen atoms in total. The molecule has 1 amide bonds. The number of piperidine rings is 1. The first-order chi connectivity index (χ1) is 10.8. The highest BCUT2D eigenvalue weighted by Gasteiger charge is 2.43. The van der Waals surface area contributed by atoms with E-state index in [0.717, 1.165) is 31.6 Å². The summed E-state index contributed by atoms with van der Waals surface area (Å²) in [6.45, 7) is 2.11. The van der Waals surface area contributed by atoms with Gasteiger partial charge >= 0.3 is 0 Å². The van der Waals surface area contributed by atoms with E-state index in [1.54, 1.807) is 0 Å². The van der Waals surface area contributed by atoms with Crippen molar-refractivity contribution >= 4 is 22.9 Å². The van der Waals surface area contributed by atoms with Crippen LogP contribution in [0, 0.1) is 0 Å². The number of hydrogen-bond donors (Lipinski definition) is 0. The standard InChI is InChI=1S/C18H20N2OS/c21-18-9-8-16-17(20(18)14-5-2-1-3-6-14)10-11-19(16)13-15-7-4-12-22-15/h1-7,12,16-17H,8-11,13H2/t16-,17-/m1/s1. The van der Waals surface area contributed by atoms with Crippen molar-refractivity contribution in [2.45, 2.75) is 37.9 Å². The molecule has 4 rings (SSSR count). The van der Waals surface area contributed by atoms with Gasteiger partial charge in [-0.3, -0.25) is 9.69 Å². The quantitative estimate of drug-likeness (QED) is 0.866. The van der Waals surface area contributed by atoms with Crippen LogP contribution in [0.2, 0.25) is 0 Å². The molecule has 2 aliphatic heterocycles. The SMILES string of the molecule is O=C1CC[C@@H]2[C@@H](CCN2Cc2cccs2)N1c1ccccc1. The molecule has 2 aromatic rings. The fourth-order valence-electron chi connectivity index (χ4n) is 3.88. The average molecular weight is 312 g/mol. The van der Waals surface area contributed by atoms with Crippen LogP contribution in [0.25, 0.3) is 0 Å². The first kappa shape index (κ1) is 14.0. The first-order valence-electron chi connectivity index (χ1n) is 7.96. The second-order valence-corrected chi connectivity index (χ2v) is 7.14. The van der Waals surface area contributed by atoms with Gasteiger partial charge in [0.25, 0.3) is 0 Å². The van der Waals surface area contributed by atoms with Gasteiger partial charge in [0, 0.05) is 36.1 Å². The third-order valence-corrected chi connectivity index (χ3v) is 5.71. The Morgan fingerprint density at radius 2 is 1.91 bits per heavy atom. The summed E-state index contributed by atoms with van der Waals surface area (Å²) in [5, 5.41) is 2.14. The van der Waals surface area contributed by atoms with E-state index in [-0.39, 0.29) is 5.91 Å². The third kappa shape index (κ3) is 2.46. The van der Waals surface area contributed by atoms with Gasteiger partial charge in [0.2, 0.25) is 5.91 Å². The maximum Gasteiger partial charge on any atom is 0.227 e. The average Bonchev–Trinajstić information content (AvgIpc) is 3.19. The van der Waals surface area contributed by atoms with Gasteiger partial charge in [0.15, 0.2) is 0 Å². The molecule has 114 valence electrons. The van der Waals surface area contributed by atoms with Gasteiger partial charge in [0.1, 0.15) is 0 Å². The summed E-state index contributed by atoms with van der Waals surface area (Å²) >= 11 is 1.82. The van der Waals surface area contributed by atoms with Crippen LogP contribution in [0.1, 0.15) is 24.1 Å². The molecule has 0 bridgehead atoms. The monoisotopic (exact) mass is 312 g/mol.